The molecule has 20 heavy (non-hydrogen) atoms. The number of aryl methyl sites for hydroxylation is 3. The van der Waals surface area contributed by atoms with Crippen LogP contribution < -0.4 is 10.2 Å². The summed E-state index contributed by atoms with van der Waals surface area (Å²) in [5, 5.41) is 0. The fraction of sp³-hybridized carbons (Fsp3) is 0.571. The van der Waals surface area contributed by atoms with Crippen LogP contribution in [0.15, 0.2) is 0 Å². The first-order chi connectivity index (χ1) is 9.60. The first-order valence-electron chi connectivity index (χ1n) is 6.99. The van der Waals surface area contributed by atoms with Crippen LogP contribution >= 0.6 is 0 Å². The number of hydrogen-bond donors (Lipinski definition) is 1. The molecule has 0 amide bonds. The summed E-state index contributed by atoms with van der Waals surface area (Å²) in [4.78, 5) is 9.36. The molecule has 6 heteroatoms. The molecule has 0 saturated heterocycles. The standard InChI is InChI=1S/C14H23AsN4O/c1-4-20-8-11-18-12-13(19(11)7-5-6-16)9(2)10(3)17-14(12)15/h4-8,15-16H2,1-3H3. The molecular weight excluding hydrogens is 315 g/mol. The maximum atomic E-state index is 5.66. The second-order valence-corrected chi connectivity index (χ2v) is 6.01. The van der Waals surface area contributed by atoms with E-state index >= 15 is 0 Å². The zero-order chi connectivity index (χ0) is 14.7. The fourth-order valence-corrected chi connectivity index (χ4v) is 3.17. The van der Waals surface area contributed by atoms with E-state index in [1.807, 2.05) is 6.92 Å². The van der Waals surface area contributed by atoms with Crippen LogP contribution in [0.3, 0.4) is 0 Å². The molecule has 0 saturated carbocycles. The number of nitrogens with two attached hydrogens (primary N) is 1. The van der Waals surface area contributed by atoms with Crippen molar-refractivity contribution in [3.63, 3.8) is 0 Å². The fourth-order valence-electron chi connectivity index (χ4n) is 2.34. The number of ether oxygens (including phenoxy) is 1. The summed E-state index contributed by atoms with van der Waals surface area (Å²) in [6, 6.07) is 0. The van der Waals surface area contributed by atoms with Crippen molar-refractivity contribution in [2.24, 2.45) is 5.73 Å². The molecule has 2 N–H and O–H groups in total. The molecule has 2 aromatic heterocycles. The van der Waals surface area contributed by atoms with E-state index in [-0.39, 0.29) is 0 Å². The van der Waals surface area contributed by atoms with Gasteiger partial charge >= 0.3 is 128 Å². The third kappa shape index (κ3) is 2.90. The third-order valence-corrected chi connectivity index (χ3v) is 4.34. The zero-order valence-corrected chi connectivity index (χ0v) is 14.9. The van der Waals surface area contributed by atoms with Crippen LogP contribution in [0.25, 0.3) is 11.0 Å². The van der Waals surface area contributed by atoms with Gasteiger partial charge in [0.05, 0.1) is 0 Å². The van der Waals surface area contributed by atoms with Gasteiger partial charge in [0.2, 0.25) is 0 Å². The number of hydrogen-bond acceptors (Lipinski definition) is 4. The summed E-state index contributed by atoms with van der Waals surface area (Å²) >= 11 is 1.51. The normalized spacial score (nSPS) is 11.4. The molecule has 110 valence electrons. The molecule has 0 aromatic carbocycles. The van der Waals surface area contributed by atoms with E-state index in [9.17, 15) is 0 Å². The Hall–Kier alpha value is -0.902. The van der Waals surface area contributed by atoms with Crippen molar-refractivity contribution in [1.29, 1.82) is 0 Å². The van der Waals surface area contributed by atoms with Gasteiger partial charge in [-0.3, -0.25) is 0 Å². The van der Waals surface area contributed by atoms with Crippen molar-refractivity contribution in [2.75, 3.05) is 13.2 Å². The monoisotopic (exact) mass is 338 g/mol. The molecular formula is C14H23AsN4O. The molecule has 0 bridgehead atoms. The van der Waals surface area contributed by atoms with Gasteiger partial charge in [-0.2, -0.15) is 0 Å². The van der Waals surface area contributed by atoms with E-state index in [1.54, 1.807) is 0 Å². The molecule has 0 aliphatic heterocycles. The van der Waals surface area contributed by atoms with E-state index in [0.29, 0.717) is 19.8 Å². The Kier molecular flexibility index (Phi) is 5.19. The number of fused-ring (bicyclic) bond motifs is 1. The average molecular weight is 338 g/mol. The van der Waals surface area contributed by atoms with E-state index in [1.165, 1.54) is 27.9 Å². The Bertz CT molecular complexity index is 609. The van der Waals surface area contributed by atoms with Gasteiger partial charge in [-0.15, -0.1) is 0 Å². The Labute approximate surface area is 128 Å². The molecule has 5 nitrogen and oxygen atoms in total. The molecule has 1 atom stereocenters. The zero-order valence-electron chi connectivity index (χ0n) is 12.4. The predicted molar refractivity (Wildman–Crippen MR) is 84.2 cm³/mol. The van der Waals surface area contributed by atoms with Gasteiger partial charge in [-0.05, 0) is 0 Å². The van der Waals surface area contributed by atoms with E-state index in [2.05, 4.69) is 23.4 Å². The molecule has 0 fully saturated rings. The van der Waals surface area contributed by atoms with Gasteiger partial charge in [-0.1, -0.05) is 0 Å². The van der Waals surface area contributed by atoms with Crippen LogP contribution in [0.1, 0.15) is 30.4 Å². The van der Waals surface area contributed by atoms with Crippen LogP contribution in [0, 0.1) is 13.8 Å². The van der Waals surface area contributed by atoms with Crippen LogP contribution in [-0.2, 0) is 17.9 Å². The molecule has 0 aliphatic carbocycles. The van der Waals surface area contributed by atoms with Crippen molar-refractivity contribution in [3.05, 3.63) is 17.1 Å². The first kappa shape index (κ1) is 15.5. The number of imidazole rings is 1. The van der Waals surface area contributed by atoms with Crippen molar-refractivity contribution >= 4 is 32.4 Å². The minimum atomic E-state index is 0.542. The average Bonchev–Trinajstić information content (AvgIpc) is 2.79. The van der Waals surface area contributed by atoms with Crippen molar-refractivity contribution < 1.29 is 4.74 Å². The molecule has 2 rings (SSSR count). The van der Waals surface area contributed by atoms with Crippen LogP contribution in [0.4, 0.5) is 0 Å². The SMILES string of the molecule is CCOCc1nc2c([AsH2])nc(C)c(C)c2n1CCCN. The quantitative estimate of drug-likeness (QED) is 0.764. The predicted octanol–water partition coefficient (Wildman–Crippen LogP) is 0.192. The summed E-state index contributed by atoms with van der Waals surface area (Å²) in [6.45, 7) is 8.96. The number of nitrogens with zero attached hydrogens (tertiary/aromatic N) is 3. The Morgan fingerprint density at radius 3 is 2.70 bits per heavy atom. The summed E-state index contributed by atoms with van der Waals surface area (Å²) in [7, 11) is 0. The van der Waals surface area contributed by atoms with Crippen LogP contribution in [-0.4, -0.2) is 44.5 Å². The van der Waals surface area contributed by atoms with Crippen LogP contribution in [0.2, 0.25) is 0 Å². The first-order valence-corrected chi connectivity index (χ1v) is 8.20. The number of rotatable bonds is 6. The van der Waals surface area contributed by atoms with E-state index in [4.69, 9.17) is 15.5 Å². The van der Waals surface area contributed by atoms with Crippen LogP contribution in [0.5, 0.6) is 0 Å². The Morgan fingerprint density at radius 2 is 2.05 bits per heavy atom. The van der Waals surface area contributed by atoms with Gasteiger partial charge in [0.25, 0.3) is 0 Å². The summed E-state index contributed by atoms with van der Waals surface area (Å²) in [6.07, 6.45) is 0.940. The van der Waals surface area contributed by atoms with Gasteiger partial charge in [0, 0.05) is 0 Å². The molecule has 0 aliphatic rings. The second-order valence-electron chi connectivity index (χ2n) is 4.86. The van der Waals surface area contributed by atoms with Gasteiger partial charge in [0.1, 0.15) is 0 Å². The summed E-state index contributed by atoms with van der Waals surface area (Å²) in [5.74, 6) is 0.977. The molecule has 0 radical (unpaired) electrons. The molecule has 2 heterocycles. The molecule has 0 spiro atoms. The third-order valence-electron chi connectivity index (χ3n) is 3.50. The topological polar surface area (TPSA) is 66.0 Å². The summed E-state index contributed by atoms with van der Waals surface area (Å²) in [5.41, 5.74) is 10.2. The molecule has 1 unspecified atom stereocenters. The van der Waals surface area contributed by atoms with Gasteiger partial charge in [-0.25, -0.2) is 0 Å². The number of aromatic nitrogens is 3. The number of pyridine rings is 1. The van der Waals surface area contributed by atoms with Crippen molar-refractivity contribution in [1.82, 2.24) is 14.5 Å². The van der Waals surface area contributed by atoms with E-state index < -0.39 is 0 Å². The Balaban J connectivity index is 2.60. The maximum absolute atomic E-state index is 5.66. The minimum absolute atomic E-state index is 0.542. The Morgan fingerprint density at radius 1 is 1.30 bits per heavy atom. The van der Waals surface area contributed by atoms with Gasteiger partial charge < -0.3 is 0 Å². The second kappa shape index (κ2) is 6.70. The van der Waals surface area contributed by atoms with Crippen molar-refractivity contribution in [3.8, 4) is 0 Å². The molecule has 2 aromatic rings. The van der Waals surface area contributed by atoms with Gasteiger partial charge in [0.15, 0.2) is 0 Å². The van der Waals surface area contributed by atoms with Crippen molar-refractivity contribution in [2.45, 2.75) is 40.3 Å². The summed E-state index contributed by atoms with van der Waals surface area (Å²) < 4.78 is 8.85. The van der Waals surface area contributed by atoms with E-state index in [0.717, 1.165) is 34.5 Å².